The van der Waals surface area contributed by atoms with Gasteiger partial charge in [0.05, 0.1) is 7.11 Å². The summed E-state index contributed by atoms with van der Waals surface area (Å²) in [6, 6.07) is 2.01. The largest absolute Gasteiger partial charge is 0.496 e. The third-order valence-corrected chi connectivity index (χ3v) is 2.34. The summed E-state index contributed by atoms with van der Waals surface area (Å²) < 4.78 is 5.18. The Kier molecular flexibility index (Phi) is 2.27. The number of methoxy groups -OCH3 is 1. The van der Waals surface area contributed by atoms with Crippen LogP contribution < -0.4 is 10.5 Å². The van der Waals surface area contributed by atoms with Crippen molar-refractivity contribution >= 4 is 5.69 Å². The van der Waals surface area contributed by atoms with Crippen LogP contribution in [-0.2, 0) is 0 Å². The zero-order chi connectivity index (χ0) is 9.30. The smallest absolute Gasteiger partial charge is 0.124 e. The second kappa shape index (κ2) is 3.05. The Morgan fingerprint density at radius 2 is 1.75 bits per heavy atom. The van der Waals surface area contributed by atoms with Gasteiger partial charge in [-0.1, -0.05) is 0 Å². The second-order valence-electron chi connectivity index (χ2n) is 3.06. The topological polar surface area (TPSA) is 35.2 Å². The average molecular weight is 165 g/mol. The quantitative estimate of drug-likeness (QED) is 0.647. The summed E-state index contributed by atoms with van der Waals surface area (Å²) in [6.07, 6.45) is 0. The third kappa shape index (κ3) is 1.24. The van der Waals surface area contributed by atoms with Crippen molar-refractivity contribution in [3.05, 3.63) is 22.8 Å². The number of nitrogen functional groups attached to an aromatic ring is 1. The first-order valence-corrected chi connectivity index (χ1v) is 3.98. The fourth-order valence-electron chi connectivity index (χ4n) is 1.25. The van der Waals surface area contributed by atoms with Crippen molar-refractivity contribution in [3.63, 3.8) is 0 Å². The van der Waals surface area contributed by atoms with Gasteiger partial charge < -0.3 is 10.5 Å². The van der Waals surface area contributed by atoms with Crippen LogP contribution in [0.4, 0.5) is 5.69 Å². The van der Waals surface area contributed by atoms with Crippen molar-refractivity contribution in [2.75, 3.05) is 12.8 Å². The Morgan fingerprint density at radius 3 is 2.25 bits per heavy atom. The molecule has 12 heavy (non-hydrogen) atoms. The molecule has 0 spiro atoms. The minimum absolute atomic E-state index is 0.840. The van der Waals surface area contributed by atoms with E-state index in [2.05, 4.69) is 0 Å². The monoisotopic (exact) mass is 165 g/mol. The fraction of sp³-hybridized carbons (Fsp3) is 0.400. The lowest BCUT2D eigenvalue weighted by Crippen LogP contribution is -1.99. The number of anilines is 1. The molecule has 0 radical (unpaired) electrons. The normalized spacial score (nSPS) is 10.0. The standard InChI is InChI=1S/C10H15NO/c1-6-5-9(12-4)8(3)10(11)7(6)2/h5H,11H2,1-4H3. The molecule has 0 fully saturated rings. The molecule has 0 heterocycles. The molecule has 0 saturated carbocycles. The van der Waals surface area contributed by atoms with Gasteiger partial charge in [0, 0.05) is 11.3 Å². The molecular formula is C10H15NO. The first-order chi connectivity index (χ1) is 5.57. The Balaban J connectivity index is 3.39. The van der Waals surface area contributed by atoms with Gasteiger partial charge in [0.1, 0.15) is 5.75 Å². The highest BCUT2D eigenvalue weighted by atomic mass is 16.5. The number of benzene rings is 1. The summed E-state index contributed by atoms with van der Waals surface area (Å²) >= 11 is 0. The van der Waals surface area contributed by atoms with Gasteiger partial charge in [-0.25, -0.2) is 0 Å². The molecule has 0 amide bonds. The summed E-state index contributed by atoms with van der Waals surface area (Å²) in [5, 5.41) is 0. The zero-order valence-electron chi connectivity index (χ0n) is 8.06. The van der Waals surface area contributed by atoms with Crippen molar-refractivity contribution in [1.82, 2.24) is 0 Å². The summed E-state index contributed by atoms with van der Waals surface area (Å²) in [7, 11) is 1.66. The van der Waals surface area contributed by atoms with Crippen molar-refractivity contribution in [2.45, 2.75) is 20.8 Å². The molecule has 2 heteroatoms. The van der Waals surface area contributed by atoms with Gasteiger partial charge in [0.15, 0.2) is 0 Å². The third-order valence-electron chi connectivity index (χ3n) is 2.34. The predicted molar refractivity (Wildman–Crippen MR) is 51.6 cm³/mol. The van der Waals surface area contributed by atoms with Gasteiger partial charge in [0.2, 0.25) is 0 Å². The number of hydrogen-bond donors (Lipinski definition) is 1. The number of rotatable bonds is 1. The van der Waals surface area contributed by atoms with E-state index in [-0.39, 0.29) is 0 Å². The van der Waals surface area contributed by atoms with Crippen LogP contribution in [0.3, 0.4) is 0 Å². The molecule has 0 aromatic heterocycles. The van der Waals surface area contributed by atoms with Gasteiger partial charge in [-0.05, 0) is 38.0 Å². The fourth-order valence-corrected chi connectivity index (χ4v) is 1.25. The maximum Gasteiger partial charge on any atom is 0.124 e. The lowest BCUT2D eigenvalue weighted by atomic mass is 10.0. The van der Waals surface area contributed by atoms with E-state index in [1.807, 2.05) is 26.8 Å². The van der Waals surface area contributed by atoms with E-state index >= 15 is 0 Å². The van der Waals surface area contributed by atoms with Gasteiger partial charge in [0.25, 0.3) is 0 Å². The van der Waals surface area contributed by atoms with Crippen LogP contribution in [-0.4, -0.2) is 7.11 Å². The maximum atomic E-state index is 5.88. The number of hydrogen-bond acceptors (Lipinski definition) is 2. The molecule has 2 nitrogen and oxygen atoms in total. The molecule has 0 atom stereocenters. The van der Waals surface area contributed by atoms with Crippen LogP contribution in [0.1, 0.15) is 16.7 Å². The minimum Gasteiger partial charge on any atom is -0.496 e. The lowest BCUT2D eigenvalue weighted by molar-refractivity contribution is 0.411. The zero-order valence-corrected chi connectivity index (χ0v) is 8.06. The van der Waals surface area contributed by atoms with Crippen LogP contribution in [0, 0.1) is 20.8 Å². The molecule has 66 valence electrons. The van der Waals surface area contributed by atoms with Crippen LogP contribution in [0.25, 0.3) is 0 Å². The Hall–Kier alpha value is -1.18. The lowest BCUT2D eigenvalue weighted by Gasteiger charge is -2.12. The highest BCUT2D eigenvalue weighted by Gasteiger charge is 2.06. The Labute approximate surface area is 73.3 Å². The van der Waals surface area contributed by atoms with E-state index in [1.54, 1.807) is 7.11 Å². The van der Waals surface area contributed by atoms with Crippen molar-refractivity contribution in [3.8, 4) is 5.75 Å². The van der Waals surface area contributed by atoms with Gasteiger partial charge in [-0.3, -0.25) is 0 Å². The molecule has 2 N–H and O–H groups in total. The van der Waals surface area contributed by atoms with E-state index in [4.69, 9.17) is 10.5 Å². The Bertz CT molecular complexity index is 305. The minimum atomic E-state index is 0.840. The molecule has 0 aliphatic rings. The first kappa shape index (κ1) is 8.91. The van der Waals surface area contributed by atoms with Gasteiger partial charge >= 0.3 is 0 Å². The highest BCUT2D eigenvalue weighted by molar-refractivity contribution is 5.61. The van der Waals surface area contributed by atoms with E-state index in [1.165, 1.54) is 5.56 Å². The van der Waals surface area contributed by atoms with Crippen LogP contribution >= 0.6 is 0 Å². The summed E-state index contributed by atoms with van der Waals surface area (Å²) in [5.74, 6) is 0.871. The maximum absolute atomic E-state index is 5.88. The summed E-state index contributed by atoms with van der Waals surface area (Å²) in [6.45, 7) is 6.03. The molecule has 0 bridgehead atoms. The first-order valence-electron chi connectivity index (χ1n) is 3.98. The van der Waals surface area contributed by atoms with Crippen molar-refractivity contribution in [1.29, 1.82) is 0 Å². The molecule has 0 aliphatic heterocycles. The average Bonchev–Trinajstić information content (AvgIpc) is 2.08. The molecule has 1 aromatic carbocycles. The molecular weight excluding hydrogens is 150 g/mol. The number of aryl methyl sites for hydroxylation is 1. The van der Waals surface area contributed by atoms with Crippen molar-refractivity contribution in [2.24, 2.45) is 0 Å². The molecule has 0 aliphatic carbocycles. The van der Waals surface area contributed by atoms with Crippen LogP contribution in [0.15, 0.2) is 6.07 Å². The van der Waals surface area contributed by atoms with E-state index in [9.17, 15) is 0 Å². The van der Waals surface area contributed by atoms with Gasteiger partial charge in [-0.2, -0.15) is 0 Å². The van der Waals surface area contributed by atoms with E-state index in [0.29, 0.717) is 0 Å². The highest BCUT2D eigenvalue weighted by Crippen LogP contribution is 2.28. The molecule has 0 unspecified atom stereocenters. The van der Waals surface area contributed by atoms with Crippen LogP contribution in [0.2, 0.25) is 0 Å². The summed E-state index contributed by atoms with van der Waals surface area (Å²) in [4.78, 5) is 0. The Morgan fingerprint density at radius 1 is 1.17 bits per heavy atom. The van der Waals surface area contributed by atoms with E-state index in [0.717, 1.165) is 22.6 Å². The molecule has 1 aromatic rings. The van der Waals surface area contributed by atoms with Crippen LogP contribution in [0.5, 0.6) is 5.75 Å². The second-order valence-corrected chi connectivity index (χ2v) is 3.06. The molecule has 1 rings (SSSR count). The SMILES string of the molecule is COc1cc(C)c(C)c(N)c1C. The van der Waals surface area contributed by atoms with E-state index < -0.39 is 0 Å². The van der Waals surface area contributed by atoms with Crippen molar-refractivity contribution < 1.29 is 4.74 Å². The number of ether oxygens (including phenoxy) is 1. The summed E-state index contributed by atoms with van der Waals surface area (Å²) in [5.41, 5.74) is 10.1. The molecule has 0 saturated heterocycles. The predicted octanol–water partition coefficient (Wildman–Crippen LogP) is 2.20. The number of nitrogens with two attached hydrogens (primary N) is 1. The van der Waals surface area contributed by atoms with Gasteiger partial charge in [-0.15, -0.1) is 0 Å².